The van der Waals surface area contributed by atoms with Crippen LogP contribution < -0.4 is 9.64 Å². The molecule has 0 radical (unpaired) electrons. The molecule has 0 spiro atoms. The topological polar surface area (TPSA) is 92.2 Å². The summed E-state index contributed by atoms with van der Waals surface area (Å²) in [5.74, 6) is -0.969. The number of ether oxygens (including phenoxy) is 2. The number of amides is 1. The zero-order chi connectivity index (χ0) is 28.8. The highest BCUT2D eigenvalue weighted by atomic mass is 19.1. The van der Waals surface area contributed by atoms with Gasteiger partial charge in [-0.3, -0.25) is 9.69 Å². The summed E-state index contributed by atoms with van der Waals surface area (Å²) in [7, 11) is 1.60. The first-order valence-corrected chi connectivity index (χ1v) is 13.8. The first-order chi connectivity index (χ1) is 19.7. The van der Waals surface area contributed by atoms with E-state index in [0.717, 1.165) is 66.5 Å². The zero-order valence-electron chi connectivity index (χ0n) is 22.9. The number of nitrogens with zero attached hydrogens (tertiary/aromatic N) is 3. The molecule has 3 atom stereocenters. The van der Waals surface area contributed by atoms with E-state index in [4.69, 9.17) is 14.5 Å². The predicted molar refractivity (Wildman–Crippen MR) is 147 cm³/mol. The van der Waals surface area contributed by atoms with Crippen molar-refractivity contribution < 1.29 is 33.0 Å². The number of carbonyl (C=O) groups is 2. The first-order valence-electron chi connectivity index (χ1n) is 13.8. The second-order valence-electron chi connectivity index (χ2n) is 11.0. The Bertz CT molecular complexity index is 1510. The molecule has 2 fully saturated rings. The summed E-state index contributed by atoms with van der Waals surface area (Å²) in [6.07, 6.45) is 1.22. The lowest BCUT2D eigenvalue weighted by Crippen LogP contribution is -2.38. The number of carboxylic acid groups (broad SMARTS) is 1. The maximum absolute atomic E-state index is 14.0. The number of carboxylic acids is 1. The van der Waals surface area contributed by atoms with Crippen LogP contribution in [0.4, 0.5) is 19.4 Å². The lowest BCUT2D eigenvalue weighted by Gasteiger charge is -2.33. The molecule has 214 valence electrons. The number of rotatable bonds is 8. The van der Waals surface area contributed by atoms with Gasteiger partial charge in [0.2, 0.25) is 0 Å². The summed E-state index contributed by atoms with van der Waals surface area (Å²) in [6, 6.07) is 10.5. The molecular weight excluding hydrogens is 532 g/mol. The minimum Gasteiger partial charge on any atom is -0.496 e. The molecule has 1 amide bonds. The molecule has 0 bridgehead atoms. The fraction of sp³-hybridized carbons (Fsp3) is 0.387. The molecule has 8 nitrogen and oxygen atoms in total. The maximum atomic E-state index is 14.0. The van der Waals surface area contributed by atoms with Gasteiger partial charge in [0.1, 0.15) is 29.3 Å². The largest absolute Gasteiger partial charge is 0.496 e. The number of aliphatic carboxylic acids is 1. The number of aromatic nitrogens is 1. The van der Waals surface area contributed by atoms with Crippen LogP contribution in [-0.2, 0) is 22.5 Å². The van der Waals surface area contributed by atoms with E-state index in [9.17, 15) is 23.5 Å². The van der Waals surface area contributed by atoms with E-state index in [0.29, 0.717) is 11.4 Å². The van der Waals surface area contributed by atoms with Gasteiger partial charge in [-0.2, -0.15) is 0 Å². The van der Waals surface area contributed by atoms with E-state index in [1.54, 1.807) is 14.0 Å². The number of benzene rings is 2. The number of methoxy groups -OCH3 is 1. The van der Waals surface area contributed by atoms with Crippen LogP contribution in [0.5, 0.6) is 5.75 Å². The molecule has 41 heavy (non-hydrogen) atoms. The highest BCUT2D eigenvalue weighted by Gasteiger charge is 2.41. The monoisotopic (exact) mass is 563 g/mol. The summed E-state index contributed by atoms with van der Waals surface area (Å²) in [6.45, 7) is 3.66. The molecular formula is C31H31F2N3O5. The van der Waals surface area contributed by atoms with Crippen molar-refractivity contribution in [3.63, 3.8) is 0 Å². The van der Waals surface area contributed by atoms with Gasteiger partial charge in [0.05, 0.1) is 31.8 Å². The molecule has 2 saturated heterocycles. The van der Waals surface area contributed by atoms with E-state index >= 15 is 0 Å². The summed E-state index contributed by atoms with van der Waals surface area (Å²) < 4.78 is 39.3. The molecule has 3 aromatic rings. The van der Waals surface area contributed by atoms with Crippen LogP contribution in [0.3, 0.4) is 0 Å². The van der Waals surface area contributed by atoms with Crippen molar-refractivity contribution in [3.8, 4) is 16.9 Å². The number of anilines is 1. The average Bonchev–Trinajstić information content (AvgIpc) is 3.41. The Balaban J connectivity index is 1.39. The van der Waals surface area contributed by atoms with Crippen LogP contribution in [0, 0.1) is 11.6 Å². The van der Waals surface area contributed by atoms with Gasteiger partial charge in [0, 0.05) is 35.8 Å². The Hall–Kier alpha value is -4.21. The van der Waals surface area contributed by atoms with Gasteiger partial charge in [0.25, 0.3) is 0 Å². The highest BCUT2D eigenvalue weighted by Crippen LogP contribution is 2.44. The van der Waals surface area contributed by atoms with Crippen molar-refractivity contribution in [2.75, 3.05) is 25.1 Å². The Morgan fingerprint density at radius 1 is 1.12 bits per heavy atom. The van der Waals surface area contributed by atoms with Crippen LogP contribution in [0.25, 0.3) is 11.1 Å². The molecule has 3 unspecified atom stereocenters. The molecule has 0 saturated carbocycles. The molecule has 10 heteroatoms. The van der Waals surface area contributed by atoms with Crippen LogP contribution in [0.15, 0.2) is 42.5 Å². The minimum absolute atomic E-state index is 0.0525. The summed E-state index contributed by atoms with van der Waals surface area (Å²) >= 11 is 0. The number of aryl methyl sites for hydroxylation is 1. The van der Waals surface area contributed by atoms with Crippen molar-refractivity contribution in [2.24, 2.45) is 0 Å². The van der Waals surface area contributed by atoms with Crippen LogP contribution in [0.1, 0.15) is 60.6 Å². The lowest BCUT2D eigenvalue weighted by molar-refractivity contribution is -0.137. The minimum atomic E-state index is -0.846. The van der Waals surface area contributed by atoms with E-state index in [1.165, 1.54) is 17.0 Å². The highest BCUT2D eigenvalue weighted by molar-refractivity contribution is 5.77. The fourth-order valence-electron chi connectivity index (χ4n) is 6.16. The molecule has 2 aromatic carbocycles. The van der Waals surface area contributed by atoms with E-state index in [-0.39, 0.29) is 24.4 Å². The molecule has 2 aliphatic heterocycles. The number of carbonyl (C=O) groups excluding carboxylic acids is 1. The quantitative estimate of drug-likeness (QED) is 0.369. The van der Waals surface area contributed by atoms with Gasteiger partial charge in [-0.15, -0.1) is 0 Å². The predicted octanol–water partition coefficient (Wildman–Crippen LogP) is 5.83. The normalized spacial score (nSPS) is 21.5. The number of halogens is 2. The summed E-state index contributed by atoms with van der Waals surface area (Å²) in [5.41, 5.74) is 4.46. The molecule has 3 heterocycles. The zero-order valence-corrected chi connectivity index (χ0v) is 22.9. The maximum Gasteiger partial charge on any atom is 0.411 e. The number of hydrogen-bond donors (Lipinski definition) is 1. The van der Waals surface area contributed by atoms with Crippen LogP contribution in [-0.4, -0.2) is 53.3 Å². The molecule has 6 rings (SSSR count). The standard InChI is InChI=1S/C31H31F2N3O5/c1-17-30(20-10-21(32)14-22(33)11-20)41-31(39)36(17)16-26-23(6-7-28(34-26)35-8-3-9-35)25-15-24-18(12-27(25)40-2)4-5-19(24)13-29(37)38/h6-7,10-12,14-15,17,19,30H,3-5,8-9,13,16H2,1-2H3,(H,37,38). The summed E-state index contributed by atoms with van der Waals surface area (Å²) in [5, 5.41) is 9.45. The SMILES string of the molecule is COc1cc2c(cc1-c1ccc(N3CCC3)nc1CN1C(=O)OC(c3cc(F)cc(F)c3)C1C)C(CC(=O)O)CC2. The van der Waals surface area contributed by atoms with Crippen molar-refractivity contribution in [1.29, 1.82) is 0 Å². The van der Waals surface area contributed by atoms with Crippen molar-refractivity contribution in [2.45, 2.75) is 57.2 Å². The Morgan fingerprint density at radius 3 is 2.54 bits per heavy atom. The average molecular weight is 564 g/mol. The molecule has 1 aliphatic carbocycles. The number of pyridine rings is 1. The van der Waals surface area contributed by atoms with Gasteiger partial charge in [0.15, 0.2) is 0 Å². The third kappa shape index (κ3) is 5.07. The van der Waals surface area contributed by atoms with E-state index in [1.807, 2.05) is 24.3 Å². The fourth-order valence-corrected chi connectivity index (χ4v) is 6.16. The Kier molecular flexibility index (Phi) is 7.01. The van der Waals surface area contributed by atoms with Gasteiger partial charge in [-0.1, -0.05) is 0 Å². The Labute approximate surface area is 236 Å². The van der Waals surface area contributed by atoms with Gasteiger partial charge in [-0.25, -0.2) is 18.6 Å². The van der Waals surface area contributed by atoms with E-state index in [2.05, 4.69) is 4.90 Å². The third-order valence-corrected chi connectivity index (χ3v) is 8.44. The lowest BCUT2D eigenvalue weighted by atomic mass is 9.92. The van der Waals surface area contributed by atoms with Crippen molar-refractivity contribution >= 4 is 17.9 Å². The van der Waals surface area contributed by atoms with Gasteiger partial charge >= 0.3 is 12.1 Å². The van der Waals surface area contributed by atoms with Crippen molar-refractivity contribution in [3.05, 3.63) is 76.5 Å². The number of cyclic esters (lactones) is 1. The van der Waals surface area contributed by atoms with Crippen molar-refractivity contribution in [1.82, 2.24) is 9.88 Å². The molecule has 1 N–H and O–H groups in total. The summed E-state index contributed by atoms with van der Waals surface area (Å²) in [4.78, 5) is 33.3. The van der Waals surface area contributed by atoms with E-state index < -0.39 is 35.8 Å². The van der Waals surface area contributed by atoms with Gasteiger partial charge < -0.3 is 19.5 Å². The third-order valence-electron chi connectivity index (χ3n) is 8.44. The smallest absolute Gasteiger partial charge is 0.411 e. The van der Waals surface area contributed by atoms with Gasteiger partial charge in [-0.05, 0) is 79.6 Å². The number of fused-ring (bicyclic) bond motifs is 1. The van der Waals surface area contributed by atoms with Crippen LogP contribution >= 0.6 is 0 Å². The first kappa shape index (κ1) is 27.0. The van der Waals surface area contributed by atoms with Crippen LogP contribution in [0.2, 0.25) is 0 Å². The number of hydrogen-bond acceptors (Lipinski definition) is 6. The molecule has 1 aromatic heterocycles. The molecule has 3 aliphatic rings. The second kappa shape index (κ2) is 10.6. The Morgan fingerprint density at radius 2 is 1.88 bits per heavy atom. The second-order valence-corrected chi connectivity index (χ2v) is 11.0.